The summed E-state index contributed by atoms with van der Waals surface area (Å²) in [6, 6.07) is 19.5. The Balaban J connectivity index is 1.64. The van der Waals surface area contributed by atoms with E-state index in [1.54, 1.807) is 24.4 Å². The first-order valence-corrected chi connectivity index (χ1v) is 10.4. The van der Waals surface area contributed by atoms with Gasteiger partial charge in [0.25, 0.3) is 0 Å². The van der Waals surface area contributed by atoms with E-state index in [2.05, 4.69) is 15.8 Å². The number of hydrogen-bond donors (Lipinski definition) is 3. The number of thiocarbonyl (C=S) groups is 1. The third-order valence-corrected chi connectivity index (χ3v) is 4.72. The van der Waals surface area contributed by atoms with Crippen LogP contribution in [0.3, 0.4) is 0 Å². The molecular weight excluding hydrogens is 437 g/mol. The molecule has 0 atom stereocenters. The summed E-state index contributed by atoms with van der Waals surface area (Å²) >= 11 is 11.3. The van der Waals surface area contributed by atoms with Gasteiger partial charge in [0.05, 0.1) is 11.6 Å². The summed E-state index contributed by atoms with van der Waals surface area (Å²) in [6.07, 6.45) is 1.74. The zero-order valence-corrected chi connectivity index (χ0v) is 18.4. The number of ether oxygens (including phenoxy) is 2. The van der Waals surface area contributed by atoms with Crippen molar-refractivity contribution in [3.63, 3.8) is 0 Å². The van der Waals surface area contributed by atoms with Crippen LogP contribution in [-0.4, -0.2) is 17.9 Å². The first-order valence-electron chi connectivity index (χ1n) is 9.60. The van der Waals surface area contributed by atoms with E-state index in [9.17, 15) is 4.39 Å². The first kappa shape index (κ1) is 22.5. The molecule has 0 aliphatic heterocycles. The summed E-state index contributed by atoms with van der Waals surface area (Å²) in [5, 5.41) is 6.75. The molecule has 0 fully saturated rings. The molecule has 8 heteroatoms. The number of rotatable bonds is 8. The SMILES string of the molecule is CCOc1cc(C=[NH+]NC(=S)Nc2ccccc2)ccc1OCc1c(F)cccc1Cl. The Kier molecular flexibility index (Phi) is 8.20. The van der Waals surface area contributed by atoms with Crippen LogP contribution in [0.5, 0.6) is 11.5 Å². The number of para-hydroxylation sites is 1. The lowest BCUT2D eigenvalue weighted by Crippen LogP contribution is -2.82. The largest absolute Gasteiger partial charge is 0.490 e. The molecule has 0 saturated heterocycles. The average Bonchev–Trinajstić information content (AvgIpc) is 2.75. The Labute approximate surface area is 190 Å². The van der Waals surface area contributed by atoms with Crippen LogP contribution in [0.2, 0.25) is 5.02 Å². The van der Waals surface area contributed by atoms with E-state index in [1.165, 1.54) is 6.07 Å². The summed E-state index contributed by atoms with van der Waals surface area (Å²) in [6.45, 7) is 2.33. The van der Waals surface area contributed by atoms with Crippen LogP contribution in [0.1, 0.15) is 18.1 Å². The molecule has 3 aromatic carbocycles. The molecule has 0 radical (unpaired) electrons. The maximum absolute atomic E-state index is 14.0. The van der Waals surface area contributed by atoms with E-state index in [-0.39, 0.29) is 6.61 Å². The summed E-state index contributed by atoms with van der Waals surface area (Å²) in [4.78, 5) is 0. The molecule has 0 aromatic heterocycles. The topological polar surface area (TPSA) is 56.5 Å². The van der Waals surface area contributed by atoms with Crippen LogP contribution >= 0.6 is 23.8 Å². The van der Waals surface area contributed by atoms with Gasteiger partial charge >= 0.3 is 0 Å². The van der Waals surface area contributed by atoms with E-state index >= 15 is 0 Å². The number of hydrazone groups is 1. The summed E-state index contributed by atoms with van der Waals surface area (Å²) in [7, 11) is 0. The van der Waals surface area contributed by atoms with Crippen molar-refractivity contribution in [3.05, 3.63) is 88.7 Å². The predicted molar refractivity (Wildman–Crippen MR) is 125 cm³/mol. The van der Waals surface area contributed by atoms with Gasteiger partial charge in [-0.2, -0.15) is 0 Å². The maximum atomic E-state index is 14.0. The standard InChI is InChI=1S/C23H21ClFN3O2S/c1-2-29-22-13-16(14-26-28-23(31)27-17-7-4-3-5-8-17)11-12-21(22)30-15-18-19(24)9-6-10-20(18)25/h3-14H,2,15H2,1H3,(H2,27,28,31)/p+1. The fraction of sp³-hybridized carbons (Fsp3) is 0.130. The van der Waals surface area contributed by atoms with Gasteiger partial charge in [0.2, 0.25) is 5.11 Å². The molecule has 3 rings (SSSR count). The lowest BCUT2D eigenvalue weighted by molar-refractivity contribution is -0.499. The first-order chi connectivity index (χ1) is 15.1. The number of benzene rings is 3. The number of anilines is 1. The fourth-order valence-corrected chi connectivity index (χ4v) is 3.09. The highest BCUT2D eigenvalue weighted by molar-refractivity contribution is 7.80. The van der Waals surface area contributed by atoms with Crippen LogP contribution in [0.25, 0.3) is 0 Å². The van der Waals surface area contributed by atoms with Crippen molar-refractivity contribution in [2.24, 2.45) is 0 Å². The highest BCUT2D eigenvalue weighted by atomic mass is 35.5. The lowest BCUT2D eigenvalue weighted by atomic mass is 10.2. The van der Waals surface area contributed by atoms with Crippen molar-refractivity contribution in [2.45, 2.75) is 13.5 Å². The minimum atomic E-state index is -0.411. The van der Waals surface area contributed by atoms with Crippen molar-refractivity contribution in [1.29, 1.82) is 0 Å². The Hall–Kier alpha value is -3.16. The van der Waals surface area contributed by atoms with Crippen LogP contribution < -0.4 is 25.3 Å². The van der Waals surface area contributed by atoms with E-state index in [1.807, 2.05) is 49.4 Å². The van der Waals surface area contributed by atoms with Gasteiger partial charge in [-0.05, 0) is 61.6 Å². The number of halogens is 2. The molecule has 3 aromatic rings. The van der Waals surface area contributed by atoms with Gasteiger partial charge in [0.1, 0.15) is 12.4 Å². The van der Waals surface area contributed by atoms with Crippen molar-refractivity contribution >= 4 is 40.8 Å². The minimum Gasteiger partial charge on any atom is -0.490 e. The van der Waals surface area contributed by atoms with Crippen LogP contribution in [0, 0.1) is 5.82 Å². The third kappa shape index (κ3) is 6.67. The molecule has 0 bridgehead atoms. The molecule has 0 aliphatic carbocycles. The van der Waals surface area contributed by atoms with E-state index in [0.29, 0.717) is 33.8 Å². The van der Waals surface area contributed by atoms with Crippen molar-refractivity contribution in [2.75, 3.05) is 11.9 Å². The predicted octanol–water partition coefficient (Wildman–Crippen LogP) is 3.86. The van der Waals surface area contributed by atoms with E-state index in [0.717, 1.165) is 11.3 Å². The lowest BCUT2D eigenvalue weighted by Gasteiger charge is -2.13. The fourth-order valence-electron chi connectivity index (χ4n) is 2.69. The number of hydrazine groups is 1. The zero-order chi connectivity index (χ0) is 22.1. The smallest absolute Gasteiger partial charge is 0.228 e. The van der Waals surface area contributed by atoms with E-state index < -0.39 is 5.82 Å². The molecule has 0 aliphatic rings. The molecule has 0 unspecified atom stereocenters. The van der Waals surface area contributed by atoms with Crippen molar-refractivity contribution in [3.8, 4) is 11.5 Å². The van der Waals surface area contributed by atoms with Gasteiger partial charge in [-0.15, -0.1) is 10.5 Å². The number of hydrogen-bond acceptors (Lipinski definition) is 3. The van der Waals surface area contributed by atoms with Gasteiger partial charge in [-0.25, -0.2) is 4.39 Å². The Morgan fingerprint density at radius 1 is 1.06 bits per heavy atom. The van der Waals surface area contributed by atoms with Crippen LogP contribution in [0.4, 0.5) is 10.1 Å². The molecule has 5 nitrogen and oxygen atoms in total. The normalized spacial score (nSPS) is 10.7. The van der Waals surface area contributed by atoms with Crippen molar-refractivity contribution in [1.82, 2.24) is 5.43 Å². The van der Waals surface area contributed by atoms with Crippen LogP contribution in [-0.2, 0) is 6.61 Å². The van der Waals surface area contributed by atoms with Gasteiger partial charge in [-0.3, -0.25) is 0 Å². The Morgan fingerprint density at radius 3 is 2.61 bits per heavy atom. The van der Waals surface area contributed by atoms with Crippen LogP contribution in [0.15, 0.2) is 66.7 Å². The molecule has 31 heavy (non-hydrogen) atoms. The minimum absolute atomic E-state index is 0.00608. The number of nitrogens with one attached hydrogen (secondary N) is 3. The average molecular weight is 459 g/mol. The second-order valence-electron chi connectivity index (χ2n) is 6.36. The quantitative estimate of drug-likeness (QED) is 0.272. The van der Waals surface area contributed by atoms with Crippen molar-refractivity contribution < 1.29 is 19.0 Å². The summed E-state index contributed by atoms with van der Waals surface area (Å²) in [5.74, 6) is 0.619. The monoisotopic (exact) mass is 458 g/mol. The van der Waals surface area contributed by atoms with Gasteiger partial charge < -0.3 is 14.8 Å². The van der Waals surface area contributed by atoms with E-state index in [4.69, 9.17) is 33.3 Å². The Morgan fingerprint density at radius 2 is 1.87 bits per heavy atom. The summed E-state index contributed by atoms with van der Waals surface area (Å²) in [5.41, 5.74) is 4.90. The summed E-state index contributed by atoms with van der Waals surface area (Å²) < 4.78 is 25.4. The second kappa shape index (κ2) is 11.3. The molecule has 0 heterocycles. The molecule has 0 spiro atoms. The Bertz CT molecular complexity index is 1040. The van der Waals surface area contributed by atoms with Gasteiger partial charge in [0.15, 0.2) is 17.7 Å². The highest BCUT2D eigenvalue weighted by Gasteiger charge is 2.11. The molecule has 0 amide bonds. The molecular formula is C23H22ClFN3O2S+. The highest BCUT2D eigenvalue weighted by Crippen LogP contribution is 2.30. The zero-order valence-electron chi connectivity index (χ0n) is 16.8. The molecule has 0 saturated carbocycles. The third-order valence-electron chi connectivity index (χ3n) is 4.16. The second-order valence-corrected chi connectivity index (χ2v) is 7.18. The van der Waals surface area contributed by atoms with Gasteiger partial charge in [0, 0.05) is 16.8 Å². The van der Waals surface area contributed by atoms with Gasteiger partial charge in [-0.1, -0.05) is 35.9 Å². The molecule has 3 N–H and O–H groups in total. The maximum Gasteiger partial charge on any atom is 0.228 e. The molecule has 160 valence electrons.